The number of piperidine rings is 1. The molecule has 202 valence electrons. The molecule has 1 fully saturated rings. The van der Waals surface area contributed by atoms with E-state index in [1.807, 2.05) is 0 Å². The largest absolute Gasteiger partial charge is 0.339 e. The van der Waals surface area contributed by atoms with Gasteiger partial charge in [0.1, 0.15) is 11.6 Å². The van der Waals surface area contributed by atoms with Crippen LogP contribution in [-0.2, 0) is 25.9 Å². The molecule has 0 bridgehead atoms. The van der Waals surface area contributed by atoms with Crippen molar-refractivity contribution in [2.45, 2.75) is 58.0 Å². The first kappa shape index (κ1) is 26.2. The van der Waals surface area contributed by atoms with Crippen LogP contribution in [0.25, 0.3) is 11.2 Å². The summed E-state index contributed by atoms with van der Waals surface area (Å²) in [4.78, 5) is 39.9. The lowest BCUT2D eigenvalue weighted by atomic mass is 10.1. The van der Waals surface area contributed by atoms with Gasteiger partial charge in [-0.25, -0.2) is 13.6 Å². The molecule has 0 atom stereocenters. The van der Waals surface area contributed by atoms with Crippen molar-refractivity contribution in [2.24, 2.45) is 0 Å². The number of aromatic nitrogens is 6. The number of H-pyrrole nitrogens is 1. The zero-order valence-corrected chi connectivity index (χ0v) is 21.5. The van der Waals surface area contributed by atoms with Crippen molar-refractivity contribution < 1.29 is 13.3 Å². The molecule has 0 radical (unpaired) electrons. The maximum absolute atomic E-state index is 13.9. The predicted octanol–water partition coefficient (Wildman–Crippen LogP) is 3.30. The van der Waals surface area contributed by atoms with Crippen LogP contribution in [0.3, 0.4) is 0 Å². The molecule has 13 heteroatoms. The maximum atomic E-state index is 13.9. The number of nitrogens with zero attached hydrogens (tertiary/aromatic N) is 6. The van der Waals surface area contributed by atoms with E-state index in [0.717, 1.165) is 32.1 Å². The van der Waals surface area contributed by atoms with Crippen LogP contribution in [0.5, 0.6) is 0 Å². The van der Waals surface area contributed by atoms with Crippen molar-refractivity contribution in [1.82, 2.24) is 34.1 Å². The van der Waals surface area contributed by atoms with Crippen LogP contribution in [0, 0.1) is 11.6 Å². The van der Waals surface area contributed by atoms with Gasteiger partial charge in [0.2, 0.25) is 11.2 Å². The number of fused-ring (bicyclic) bond motifs is 1. The molecule has 3 aromatic heterocycles. The molecular formula is C25H28ClF2N7O3. The summed E-state index contributed by atoms with van der Waals surface area (Å²) in [6.45, 7) is 3.54. The van der Waals surface area contributed by atoms with Crippen molar-refractivity contribution in [3.8, 4) is 0 Å². The minimum Gasteiger partial charge on any atom is -0.339 e. The second kappa shape index (κ2) is 11.6. The summed E-state index contributed by atoms with van der Waals surface area (Å²) in [6, 6.07) is 3.31. The summed E-state index contributed by atoms with van der Waals surface area (Å²) in [6.07, 6.45) is 5.12. The highest BCUT2D eigenvalue weighted by molar-refractivity contribution is 6.28. The van der Waals surface area contributed by atoms with Crippen LogP contribution in [0.1, 0.15) is 49.4 Å². The average Bonchev–Trinajstić information content (AvgIpc) is 3.52. The molecule has 10 nitrogen and oxygen atoms in total. The van der Waals surface area contributed by atoms with Crippen molar-refractivity contribution in [1.29, 1.82) is 0 Å². The molecule has 1 aliphatic rings. The van der Waals surface area contributed by atoms with Gasteiger partial charge in [0.15, 0.2) is 17.0 Å². The standard InChI is InChI=1S/C25H28ClF2N7O3/c26-24-30-21-22(31-24)34(13-5-11-33-9-2-1-3-10-33)25(37)35(23(21)36)12-4-6-20-29-19(32-38-20)14-16-7-8-17(27)15-18(16)28/h7-8,15H,1-6,9-14H2,(H,30,31). The smallest absolute Gasteiger partial charge is 0.332 e. The minimum atomic E-state index is -0.683. The van der Waals surface area contributed by atoms with Gasteiger partial charge in [-0.3, -0.25) is 13.9 Å². The number of aromatic amines is 1. The third-order valence-electron chi connectivity index (χ3n) is 6.78. The van der Waals surface area contributed by atoms with Gasteiger partial charge < -0.3 is 14.4 Å². The molecule has 4 heterocycles. The second-order valence-electron chi connectivity index (χ2n) is 9.49. The number of hydrogen-bond donors (Lipinski definition) is 1. The third kappa shape index (κ3) is 5.86. The van der Waals surface area contributed by atoms with Crippen molar-refractivity contribution in [2.75, 3.05) is 19.6 Å². The quantitative estimate of drug-likeness (QED) is 0.303. The summed E-state index contributed by atoms with van der Waals surface area (Å²) >= 11 is 6.04. The highest BCUT2D eigenvalue weighted by Crippen LogP contribution is 2.15. The van der Waals surface area contributed by atoms with E-state index < -0.39 is 22.9 Å². The first-order valence-corrected chi connectivity index (χ1v) is 13.1. The molecule has 1 aliphatic heterocycles. The molecule has 0 saturated carbocycles. The lowest BCUT2D eigenvalue weighted by Gasteiger charge is -2.26. The van der Waals surface area contributed by atoms with E-state index in [-0.39, 0.29) is 40.8 Å². The Kier molecular flexibility index (Phi) is 7.98. The summed E-state index contributed by atoms with van der Waals surface area (Å²) < 4.78 is 35.0. The summed E-state index contributed by atoms with van der Waals surface area (Å²) in [7, 11) is 0. The summed E-state index contributed by atoms with van der Waals surface area (Å²) in [5.74, 6) is -0.792. The Balaban J connectivity index is 1.26. The zero-order valence-electron chi connectivity index (χ0n) is 20.8. The molecule has 0 unspecified atom stereocenters. The van der Waals surface area contributed by atoms with Gasteiger partial charge in [-0.2, -0.15) is 9.97 Å². The number of likely N-dealkylation sites (tertiary alicyclic amines) is 1. The lowest BCUT2D eigenvalue weighted by Crippen LogP contribution is -2.41. The molecule has 0 aliphatic carbocycles. The van der Waals surface area contributed by atoms with Gasteiger partial charge >= 0.3 is 5.69 Å². The van der Waals surface area contributed by atoms with Gasteiger partial charge in [-0.05, 0) is 68.5 Å². The Morgan fingerprint density at radius 2 is 1.79 bits per heavy atom. The van der Waals surface area contributed by atoms with Crippen molar-refractivity contribution >= 4 is 22.8 Å². The van der Waals surface area contributed by atoms with Crippen LogP contribution < -0.4 is 11.2 Å². The van der Waals surface area contributed by atoms with Gasteiger partial charge in [0.25, 0.3) is 5.56 Å². The number of aryl methyl sites for hydroxylation is 2. The summed E-state index contributed by atoms with van der Waals surface area (Å²) in [5.41, 5.74) is -0.238. The Morgan fingerprint density at radius 3 is 2.58 bits per heavy atom. The molecule has 1 aromatic carbocycles. The third-order valence-corrected chi connectivity index (χ3v) is 6.96. The maximum Gasteiger partial charge on any atom is 0.332 e. The molecule has 4 aromatic rings. The molecule has 38 heavy (non-hydrogen) atoms. The van der Waals surface area contributed by atoms with Gasteiger partial charge in [0, 0.05) is 32.0 Å². The number of hydrogen-bond acceptors (Lipinski definition) is 7. The van der Waals surface area contributed by atoms with Crippen molar-refractivity contribution in [3.05, 3.63) is 73.2 Å². The van der Waals surface area contributed by atoms with Crippen LogP contribution >= 0.6 is 11.6 Å². The fraction of sp³-hybridized carbons (Fsp3) is 0.480. The number of nitrogens with one attached hydrogen (secondary N) is 1. The number of imidazole rings is 1. The topological polar surface area (TPSA) is 115 Å². The van der Waals surface area contributed by atoms with Crippen molar-refractivity contribution in [3.63, 3.8) is 0 Å². The van der Waals surface area contributed by atoms with E-state index >= 15 is 0 Å². The average molecular weight is 548 g/mol. The Hall–Kier alpha value is -3.38. The minimum absolute atomic E-state index is 0.0501. The first-order chi connectivity index (χ1) is 18.4. The lowest BCUT2D eigenvalue weighted by molar-refractivity contribution is 0.222. The van der Waals surface area contributed by atoms with E-state index in [2.05, 4.69) is 25.0 Å². The monoisotopic (exact) mass is 547 g/mol. The number of halogens is 3. The van der Waals surface area contributed by atoms with Crippen LogP contribution in [0.15, 0.2) is 32.3 Å². The highest BCUT2D eigenvalue weighted by atomic mass is 35.5. The molecular weight excluding hydrogens is 520 g/mol. The fourth-order valence-electron chi connectivity index (χ4n) is 4.86. The van der Waals surface area contributed by atoms with E-state index in [0.29, 0.717) is 25.3 Å². The Morgan fingerprint density at radius 1 is 1.00 bits per heavy atom. The Labute approximate surface area is 221 Å². The second-order valence-corrected chi connectivity index (χ2v) is 9.85. The fourth-order valence-corrected chi connectivity index (χ4v) is 5.03. The molecule has 1 N–H and O–H groups in total. The SMILES string of the molecule is O=c1c2[nH]c(Cl)nc2n(CCCN2CCCCC2)c(=O)n1CCCc1nc(Cc2ccc(F)cc2F)no1. The van der Waals surface area contributed by atoms with Crippen LogP contribution in [-0.4, -0.2) is 53.8 Å². The number of benzene rings is 1. The molecule has 1 saturated heterocycles. The van der Waals surface area contributed by atoms with Gasteiger partial charge in [-0.15, -0.1) is 0 Å². The van der Waals surface area contributed by atoms with E-state index in [1.165, 1.54) is 40.5 Å². The van der Waals surface area contributed by atoms with E-state index in [4.69, 9.17) is 16.1 Å². The molecule has 0 spiro atoms. The van der Waals surface area contributed by atoms with Crippen LogP contribution in [0.4, 0.5) is 8.78 Å². The highest BCUT2D eigenvalue weighted by Gasteiger charge is 2.18. The normalized spacial score (nSPS) is 14.5. The first-order valence-electron chi connectivity index (χ1n) is 12.8. The number of rotatable bonds is 10. The Bertz CT molecular complexity index is 1540. The zero-order chi connectivity index (χ0) is 26.6. The van der Waals surface area contributed by atoms with E-state index in [1.54, 1.807) is 0 Å². The van der Waals surface area contributed by atoms with Crippen LogP contribution in [0.2, 0.25) is 5.28 Å². The molecule has 5 rings (SSSR count). The predicted molar refractivity (Wildman–Crippen MR) is 136 cm³/mol. The van der Waals surface area contributed by atoms with Gasteiger partial charge in [0.05, 0.1) is 0 Å². The van der Waals surface area contributed by atoms with E-state index in [9.17, 15) is 18.4 Å². The molecule has 0 amide bonds. The van der Waals surface area contributed by atoms with Gasteiger partial charge in [-0.1, -0.05) is 17.6 Å². The summed E-state index contributed by atoms with van der Waals surface area (Å²) in [5, 5.41) is 3.90.